The van der Waals surface area contributed by atoms with Gasteiger partial charge in [-0.05, 0) is 37.3 Å². The average Bonchev–Trinajstić information content (AvgIpc) is 2.98. The molecule has 0 unspecified atom stereocenters. The van der Waals surface area contributed by atoms with E-state index in [1.807, 2.05) is 12.1 Å². The number of ether oxygens (including phenoxy) is 1. The van der Waals surface area contributed by atoms with Gasteiger partial charge >= 0.3 is 11.4 Å². The molecule has 8 nitrogen and oxygen atoms in total. The van der Waals surface area contributed by atoms with Gasteiger partial charge in [0, 0.05) is 11.5 Å². The molecule has 0 aliphatic carbocycles. The Bertz CT molecular complexity index is 1330. The Labute approximate surface area is 159 Å². The van der Waals surface area contributed by atoms with E-state index in [-0.39, 0.29) is 0 Å². The average molecular weight is 378 g/mol. The highest BCUT2D eigenvalue weighted by Gasteiger charge is 2.19. The molecule has 0 amide bonds. The van der Waals surface area contributed by atoms with Crippen molar-refractivity contribution >= 4 is 16.6 Å². The van der Waals surface area contributed by atoms with Crippen molar-refractivity contribution in [2.24, 2.45) is 5.16 Å². The van der Waals surface area contributed by atoms with Crippen molar-refractivity contribution in [2.75, 3.05) is 14.2 Å². The van der Waals surface area contributed by atoms with Gasteiger partial charge in [0.1, 0.15) is 18.6 Å². The molecule has 2 aromatic carbocycles. The van der Waals surface area contributed by atoms with E-state index in [2.05, 4.69) is 5.16 Å². The number of methoxy groups -OCH3 is 1. The number of aromatic nitrogens is 3. The number of fused-ring (bicyclic) bond motifs is 3. The zero-order chi connectivity index (χ0) is 19.8. The second kappa shape index (κ2) is 6.73. The van der Waals surface area contributed by atoms with E-state index in [1.54, 1.807) is 56.5 Å². The summed E-state index contributed by atoms with van der Waals surface area (Å²) in [4.78, 5) is 31.4. The summed E-state index contributed by atoms with van der Waals surface area (Å²) in [7, 11) is 2.98. The van der Waals surface area contributed by atoms with Gasteiger partial charge in [-0.25, -0.2) is 14.2 Å². The second-order valence-electron chi connectivity index (χ2n) is 6.17. The molecular weight excluding hydrogens is 360 g/mol. The molecule has 142 valence electrons. The Kier molecular flexibility index (Phi) is 4.23. The Morgan fingerprint density at radius 2 is 1.64 bits per heavy atom. The molecule has 0 aliphatic heterocycles. The molecule has 0 bridgehead atoms. The molecule has 0 atom stereocenters. The largest absolute Gasteiger partial charge is 0.497 e. The minimum absolute atomic E-state index is 0.455. The summed E-state index contributed by atoms with van der Waals surface area (Å²) in [6.45, 7) is 1.71. The molecular formula is C20H18N4O4. The van der Waals surface area contributed by atoms with Crippen LogP contribution in [0.15, 0.2) is 69.3 Å². The SMILES string of the molecule is CO/N=C(\C)c1cc2ccc(OC)cc2n2c(=O)n(-c3ccccc3)c(=O)n12. The van der Waals surface area contributed by atoms with Crippen LogP contribution in [0.2, 0.25) is 0 Å². The molecule has 0 fully saturated rings. The third kappa shape index (κ3) is 2.58. The first-order valence-corrected chi connectivity index (χ1v) is 8.58. The molecule has 2 aromatic heterocycles. The molecule has 4 aromatic rings. The fourth-order valence-corrected chi connectivity index (χ4v) is 3.27. The van der Waals surface area contributed by atoms with E-state index >= 15 is 0 Å². The minimum atomic E-state index is -0.499. The highest BCUT2D eigenvalue weighted by atomic mass is 16.6. The zero-order valence-electron chi connectivity index (χ0n) is 15.6. The molecule has 28 heavy (non-hydrogen) atoms. The summed E-state index contributed by atoms with van der Waals surface area (Å²) in [6, 6.07) is 15.9. The van der Waals surface area contributed by atoms with Gasteiger partial charge in [-0.15, -0.1) is 0 Å². The van der Waals surface area contributed by atoms with Crippen LogP contribution in [-0.4, -0.2) is 33.5 Å². The Hall–Kier alpha value is -3.81. The van der Waals surface area contributed by atoms with E-state index < -0.39 is 11.4 Å². The van der Waals surface area contributed by atoms with Crippen molar-refractivity contribution in [3.8, 4) is 11.4 Å². The maximum absolute atomic E-state index is 13.3. The first-order chi connectivity index (χ1) is 13.6. The van der Waals surface area contributed by atoms with E-state index in [4.69, 9.17) is 9.57 Å². The normalized spacial score (nSPS) is 11.9. The second-order valence-corrected chi connectivity index (χ2v) is 6.17. The van der Waals surface area contributed by atoms with Crippen LogP contribution in [-0.2, 0) is 4.84 Å². The number of benzene rings is 2. The highest BCUT2D eigenvalue weighted by Crippen LogP contribution is 2.21. The van der Waals surface area contributed by atoms with Crippen molar-refractivity contribution in [1.29, 1.82) is 0 Å². The van der Waals surface area contributed by atoms with Gasteiger partial charge in [0.2, 0.25) is 0 Å². The summed E-state index contributed by atoms with van der Waals surface area (Å²) in [5.74, 6) is 0.580. The minimum Gasteiger partial charge on any atom is -0.497 e. The zero-order valence-corrected chi connectivity index (χ0v) is 15.6. The molecule has 0 spiro atoms. The Balaban J connectivity index is 2.24. The standard InChI is InChI=1S/C20H18N4O4/c1-13(21-28-3)17-11-14-9-10-16(27-2)12-18(14)24-20(26)22(19(25)23(17)24)15-7-5-4-6-8-15/h4-12H,1-3H3/b21-13+. The lowest BCUT2D eigenvalue weighted by molar-refractivity contribution is 0.213. The quantitative estimate of drug-likeness (QED) is 0.402. The number of hydrogen-bond donors (Lipinski definition) is 0. The molecule has 8 heteroatoms. The summed E-state index contributed by atoms with van der Waals surface area (Å²) in [5.41, 5.74) is 0.964. The summed E-state index contributed by atoms with van der Waals surface area (Å²) < 4.78 is 9.05. The lowest BCUT2D eigenvalue weighted by atomic mass is 10.1. The van der Waals surface area contributed by atoms with Crippen LogP contribution in [0.1, 0.15) is 12.6 Å². The lowest BCUT2D eigenvalue weighted by Crippen LogP contribution is -2.26. The van der Waals surface area contributed by atoms with E-state index in [0.717, 1.165) is 9.95 Å². The Morgan fingerprint density at radius 1 is 0.929 bits per heavy atom. The highest BCUT2D eigenvalue weighted by molar-refractivity contribution is 5.99. The third-order valence-corrected chi connectivity index (χ3v) is 4.54. The summed E-state index contributed by atoms with van der Waals surface area (Å²) in [5, 5.41) is 4.70. The summed E-state index contributed by atoms with van der Waals surface area (Å²) >= 11 is 0. The van der Waals surface area contributed by atoms with Crippen LogP contribution in [0.4, 0.5) is 0 Å². The maximum Gasteiger partial charge on any atom is 0.357 e. The number of oxime groups is 1. The smallest absolute Gasteiger partial charge is 0.357 e. The molecule has 0 radical (unpaired) electrons. The summed E-state index contributed by atoms with van der Waals surface area (Å²) in [6.07, 6.45) is 0. The predicted octanol–water partition coefficient (Wildman–Crippen LogP) is 2.08. The molecule has 2 heterocycles. The van der Waals surface area contributed by atoms with E-state index in [1.165, 1.54) is 16.1 Å². The van der Waals surface area contributed by atoms with Crippen LogP contribution >= 0.6 is 0 Å². The molecule has 0 aliphatic rings. The van der Waals surface area contributed by atoms with E-state index in [9.17, 15) is 9.59 Å². The van der Waals surface area contributed by atoms with Gasteiger partial charge in [-0.2, -0.15) is 9.03 Å². The van der Waals surface area contributed by atoms with E-state index in [0.29, 0.717) is 28.4 Å². The fourth-order valence-electron chi connectivity index (χ4n) is 3.27. The van der Waals surface area contributed by atoms with Gasteiger partial charge in [-0.1, -0.05) is 23.4 Å². The first kappa shape index (κ1) is 17.6. The fraction of sp³-hybridized carbons (Fsp3) is 0.150. The third-order valence-electron chi connectivity index (χ3n) is 4.54. The van der Waals surface area contributed by atoms with Gasteiger partial charge in [0.25, 0.3) is 0 Å². The van der Waals surface area contributed by atoms with Crippen LogP contribution < -0.4 is 16.1 Å². The maximum atomic E-state index is 13.3. The molecule has 0 saturated heterocycles. The van der Waals surface area contributed by atoms with Crippen molar-refractivity contribution in [1.82, 2.24) is 13.6 Å². The predicted molar refractivity (Wildman–Crippen MR) is 106 cm³/mol. The number of hydrogen-bond acceptors (Lipinski definition) is 5. The van der Waals surface area contributed by atoms with Crippen molar-refractivity contribution in [2.45, 2.75) is 6.92 Å². The lowest BCUT2D eigenvalue weighted by Gasteiger charge is -2.09. The first-order valence-electron chi connectivity index (χ1n) is 8.58. The Morgan fingerprint density at radius 3 is 2.32 bits per heavy atom. The molecule has 4 rings (SSSR count). The van der Waals surface area contributed by atoms with Crippen molar-refractivity contribution < 1.29 is 9.57 Å². The van der Waals surface area contributed by atoms with Crippen LogP contribution in [0.5, 0.6) is 5.75 Å². The van der Waals surface area contributed by atoms with Gasteiger partial charge in [0.15, 0.2) is 0 Å². The van der Waals surface area contributed by atoms with Gasteiger partial charge in [-0.3, -0.25) is 0 Å². The number of nitrogens with zero attached hydrogens (tertiary/aromatic N) is 4. The molecule has 0 saturated carbocycles. The topological polar surface area (TPSA) is 78.7 Å². The van der Waals surface area contributed by atoms with Gasteiger partial charge < -0.3 is 9.57 Å². The molecule has 0 N–H and O–H groups in total. The van der Waals surface area contributed by atoms with Crippen LogP contribution in [0.3, 0.4) is 0 Å². The van der Waals surface area contributed by atoms with Crippen molar-refractivity contribution in [3.05, 3.63) is 81.3 Å². The number of rotatable bonds is 4. The van der Waals surface area contributed by atoms with Crippen LogP contribution in [0.25, 0.3) is 16.6 Å². The van der Waals surface area contributed by atoms with Crippen LogP contribution in [0, 0.1) is 0 Å². The van der Waals surface area contributed by atoms with Gasteiger partial charge in [0.05, 0.1) is 24.0 Å². The number of para-hydroxylation sites is 1. The van der Waals surface area contributed by atoms with Crippen molar-refractivity contribution in [3.63, 3.8) is 0 Å². The monoisotopic (exact) mass is 378 g/mol.